The normalized spacial score (nSPS) is 19.2. The maximum atomic E-state index is 11.8. The van der Waals surface area contributed by atoms with Crippen molar-refractivity contribution in [3.63, 3.8) is 0 Å². The second-order valence-electron chi connectivity index (χ2n) is 4.34. The van der Waals surface area contributed by atoms with Gasteiger partial charge in [0.1, 0.15) is 0 Å². The molecule has 1 aliphatic heterocycles. The first-order valence-electron chi connectivity index (χ1n) is 5.99. The lowest BCUT2D eigenvalue weighted by atomic mass is 10.1. The first-order chi connectivity index (χ1) is 8.29. The summed E-state index contributed by atoms with van der Waals surface area (Å²) in [5.41, 5.74) is 1.89. The molecule has 1 fully saturated rings. The van der Waals surface area contributed by atoms with Gasteiger partial charge in [-0.05, 0) is 30.5 Å². The van der Waals surface area contributed by atoms with E-state index in [-0.39, 0.29) is 18.6 Å². The molecule has 0 bridgehead atoms. The van der Waals surface area contributed by atoms with Crippen LogP contribution < -0.4 is 10.6 Å². The maximum Gasteiger partial charge on any atom is 0.237 e. The van der Waals surface area contributed by atoms with Crippen molar-refractivity contribution in [3.8, 4) is 0 Å². The van der Waals surface area contributed by atoms with Crippen LogP contribution in [0, 0.1) is 0 Å². The quantitative estimate of drug-likeness (QED) is 0.713. The number of hydrogen-bond acceptors (Lipinski definition) is 3. The molecule has 0 radical (unpaired) electrons. The fourth-order valence-corrected chi connectivity index (χ4v) is 2.06. The van der Waals surface area contributed by atoms with Gasteiger partial charge in [-0.2, -0.15) is 0 Å². The summed E-state index contributed by atoms with van der Waals surface area (Å²) in [6.45, 7) is 1.48. The van der Waals surface area contributed by atoms with Crippen LogP contribution in [0.4, 0.5) is 0 Å². The molecule has 1 amide bonds. The predicted molar refractivity (Wildman–Crippen MR) is 65.2 cm³/mol. The molecule has 2 rings (SSSR count). The highest BCUT2D eigenvalue weighted by molar-refractivity contribution is 5.81. The molecule has 4 heteroatoms. The summed E-state index contributed by atoms with van der Waals surface area (Å²) in [5.74, 6) is 0.0666. The largest absolute Gasteiger partial charge is 0.392 e. The fraction of sp³-hybridized carbons (Fsp3) is 0.462. The van der Waals surface area contributed by atoms with Crippen LogP contribution >= 0.6 is 0 Å². The minimum Gasteiger partial charge on any atom is -0.392 e. The van der Waals surface area contributed by atoms with Crippen molar-refractivity contribution in [1.29, 1.82) is 0 Å². The molecule has 17 heavy (non-hydrogen) atoms. The number of hydrogen-bond donors (Lipinski definition) is 3. The Labute approximate surface area is 101 Å². The summed E-state index contributed by atoms with van der Waals surface area (Å²) in [7, 11) is 0. The van der Waals surface area contributed by atoms with E-state index in [1.807, 2.05) is 24.3 Å². The van der Waals surface area contributed by atoms with Crippen LogP contribution in [-0.4, -0.2) is 23.6 Å². The van der Waals surface area contributed by atoms with Gasteiger partial charge in [-0.3, -0.25) is 4.79 Å². The number of aliphatic hydroxyl groups excluding tert-OH is 1. The van der Waals surface area contributed by atoms with E-state index >= 15 is 0 Å². The molecule has 1 aromatic carbocycles. The standard InChI is InChI=1S/C13H18N2O2/c16-9-11-4-1-3-10(7-11)8-15-13(17)12-5-2-6-14-12/h1,3-4,7,12,14,16H,2,5-6,8-9H2,(H,15,17). The van der Waals surface area contributed by atoms with Gasteiger partial charge in [0.15, 0.2) is 0 Å². The van der Waals surface area contributed by atoms with Gasteiger partial charge < -0.3 is 15.7 Å². The molecule has 0 saturated carbocycles. The van der Waals surface area contributed by atoms with E-state index in [9.17, 15) is 4.79 Å². The molecule has 1 aliphatic rings. The summed E-state index contributed by atoms with van der Waals surface area (Å²) in [4.78, 5) is 11.8. The molecular formula is C13H18N2O2. The van der Waals surface area contributed by atoms with Crippen molar-refractivity contribution in [3.05, 3.63) is 35.4 Å². The van der Waals surface area contributed by atoms with E-state index in [0.717, 1.165) is 30.5 Å². The Morgan fingerprint density at radius 3 is 3.00 bits per heavy atom. The van der Waals surface area contributed by atoms with E-state index in [2.05, 4.69) is 10.6 Å². The Morgan fingerprint density at radius 1 is 1.47 bits per heavy atom. The monoisotopic (exact) mass is 234 g/mol. The molecule has 3 N–H and O–H groups in total. The number of carbonyl (C=O) groups is 1. The third-order valence-electron chi connectivity index (χ3n) is 3.02. The number of carbonyl (C=O) groups excluding carboxylic acids is 1. The van der Waals surface area contributed by atoms with E-state index in [4.69, 9.17) is 5.11 Å². The maximum absolute atomic E-state index is 11.8. The van der Waals surface area contributed by atoms with Crippen LogP contribution in [0.3, 0.4) is 0 Å². The van der Waals surface area contributed by atoms with Gasteiger partial charge in [0.25, 0.3) is 0 Å². The molecule has 4 nitrogen and oxygen atoms in total. The Hall–Kier alpha value is -1.39. The number of rotatable bonds is 4. The van der Waals surface area contributed by atoms with Gasteiger partial charge in [0.05, 0.1) is 12.6 Å². The lowest BCUT2D eigenvalue weighted by Gasteiger charge is -2.11. The van der Waals surface area contributed by atoms with Crippen molar-refractivity contribution in [2.24, 2.45) is 0 Å². The number of nitrogens with one attached hydrogen (secondary N) is 2. The van der Waals surface area contributed by atoms with Gasteiger partial charge in [-0.1, -0.05) is 24.3 Å². The summed E-state index contributed by atoms with van der Waals surface area (Å²) >= 11 is 0. The van der Waals surface area contributed by atoms with Crippen LogP contribution in [-0.2, 0) is 17.9 Å². The third kappa shape index (κ3) is 3.28. The smallest absolute Gasteiger partial charge is 0.237 e. The topological polar surface area (TPSA) is 61.4 Å². The third-order valence-corrected chi connectivity index (χ3v) is 3.02. The average Bonchev–Trinajstić information content (AvgIpc) is 2.90. The highest BCUT2D eigenvalue weighted by atomic mass is 16.3. The lowest BCUT2D eigenvalue weighted by Crippen LogP contribution is -2.39. The van der Waals surface area contributed by atoms with E-state index in [1.165, 1.54) is 0 Å². The molecule has 0 spiro atoms. The molecule has 1 saturated heterocycles. The molecule has 1 atom stereocenters. The zero-order chi connectivity index (χ0) is 12.1. The Bertz CT molecular complexity index is 387. The van der Waals surface area contributed by atoms with Crippen LogP contribution in [0.5, 0.6) is 0 Å². The van der Waals surface area contributed by atoms with Gasteiger partial charge >= 0.3 is 0 Å². The van der Waals surface area contributed by atoms with Crippen molar-refractivity contribution in [2.75, 3.05) is 6.54 Å². The zero-order valence-electron chi connectivity index (χ0n) is 9.78. The average molecular weight is 234 g/mol. The minimum absolute atomic E-state index is 0.0315. The van der Waals surface area contributed by atoms with E-state index in [0.29, 0.717) is 6.54 Å². The highest BCUT2D eigenvalue weighted by Gasteiger charge is 2.21. The fourth-order valence-electron chi connectivity index (χ4n) is 2.06. The molecule has 0 aromatic heterocycles. The Kier molecular flexibility index (Phi) is 4.12. The van der Waals surface area contributed by atoms with Crippen molar-refractivity contribution in [2.45, 2.75) is 32.0 Å². The van der Waals surface area contributed by atoms with Crippen LogP contribution in [0.15, 0.2) is 24.3 Å². The van der Waals surface area contributed by atoms with E-state index in [1.54, 1.807) is 0 Å². The molecule has 92 valence electrons. The number of aliphatic hydroxyl groups is 1. The first kappa shape index (κ1) is 12.1. The van der Waals surface area contributed by atoms with Crippen LogP contribution in [0.2, 0.25) is 0 Å². The van der Waals surface area contributed by atoms with Crippen molar-refractivity contribution < 1.29 is 9.90 Å². The molecule has 0 aliphatic carbocycles. The highest BCUT2D eigenvalue weighted by Crippen LogP contribution is 2.07. The lowest BCUT2D eigenvalue weighted by molar-refractivity contribution is -0.122. The van der Waals surface area contributed by atoms with Gasteiger partial charge in [0, 0.05) is 6.54 Å². The van der Waals surface area contributed by atoms with Crippen LogP contribution in [0.1, 0.15) is 24.0 Å². The van der Waals surface area contributed by atoms with Crippen molar-refractivity contribution in [1.82, 2.24) is 10.6 Å². The summed E-state index contributed by atoms with van der Waals surface area (Å²) in [5, 5.41) is 15.1. The van der Waals surface area contributed by atoms with Crippen LogP contribution in [0.25, 0.3) is 0 Å². The molecular weight excluding hydrogens is 216 g/mol. The van der Waals surface area contributed by atoms with Crippen molar-refractivity contribution >= 4 is 5.91 Å². The first-order valence-corrected chi connectivity index (χ1v) is 5.99. The van der Waals surface area contributed by atoms with Gasteiger partial charge in [0.2, 0.25) is 5.91 Å². The number of amides is 1. The van der Waals surface area contributed by atoms with E-state index < -0.39 is 0 Å². The second kappa shape index (κ2) is 5.80. The minimum atomic E-state index is -0.0315. The van der Waals surface area contributed by atoms with Gasteiger partial charge in [-0.25, -0.2) is 0 Å². The number of benzene rings is 1. The summed E-state index contributed by atoms with van der Waals surface area (Å²) < 4.78 is 0. The summed E-state index contributed by atoms with van der Waals surface area (Å²) in [6.07, 6.45) is 1.99. The Balaban J connectivity index is 1.86. The predicted octanol–water partition coefficient (Wildman–Crippen LogP) is 0.547. The second-order valence-corrected chi connectivity index (χ2v) is 4.34. The molecule has 1 aromatic rings. The SMILES string of the molecule is O=C(NCc1cccc(CO)c1)C1CCCN1. The Morgan fingerprint density at radius 2 is 2.29 bits per heavy atom. The zero-order valence-corrected chi connectivity index (χ0v) is 9.78. The summed E-state index contributed by atoms with van der Waals surface area (Å²) in [6, 6.07) is 7.57. The molecule has 1 heterocycles. The van der Waals surface area contributed by atoms with Gasteiger partial charge in [-0.15, -0.1) is 0 Å². The molecule has 1 unspecified atom stereocenters.